The first-order valence-electron chi connectivity index (χ1n) is 9.50. The molecule has 0 saturated heterocycles. The minimum atomic E-state index is -4.71. The van der Waals surface area contributed by atoms with Crippen molar-refractivity contribution >= 4 is 11.8 Å². The van der Waals surface area contributed by atoms with Gasteiger partial charge in [0.15, 0.2) is 5.16 Å². The third-order valence-corrected chi connectivity index (χ3v) is 5.51. The van der Waals surface area contributed by atoms with Gasteiger partial charge in [-0.3, -0.25) is 14.7 Å². The van der Waals surface area contributed by atoms with E-state index in [1.807, 2.05) is 18.4 Å². The Balaban J connectivity index is 1.42. The molecule has 0 aliphatic carbocycles. The molecule has 4 rings (SSSR count). The Bertz CT molecular complexity index is 1120. The standard InChI is InChI=1S/C21H19F3N4O2S/c1-31-20-26-18-8-9-28(12-16(18)19(29)27-20)11-13-2-7-17(25-10-13)14-3-5-15(6-4-14)30-21(22,23)24/h2-7,10H,8-9,11-12H2,1H3,(H,26,27,29). The largest absolute Gasteiger partial charge is 0.573 e. The van der Waals surface area contributed by atoms with Gasteiger partial charge in [0, 0.05) is 37.8 Å². The third-order valence-electron chi connectivity index (χ3n) is 4.93. The van der Waals surface area contributed by atoms with E-state index in [0.717, 1.165) is 17.8 Å². The SMILES string of the molecule is CSc1nc2c(c(=O)[nH]1)CN(Cc1ccc(-c3ccc(OC(F)(F)F)cc3)nc1)CC2. The summed E-state index contributed by atoms with van der Waals surface area (Å²) in [6.07, 6.45) is -0.384. The van der Waals surface area contributed by atoms with Crippen LogP contribution in [0.3, 0.4) is 0 Å². The molecule has 0 amide bonds. The van der Waals surface area contributed by atoms with E-state index >= 15 is 0 Å². The minimum Gasteiger partial charge on any atom is -0.406 e. The number of fused-ring (bicyclic) bond motifs is 1. The van der Waals surface area contributed by atoms with Gasteiger partial charge < -0.3 is 9.72 Å². The van der Waals surface area contributed by atoms with Gasteiger partial charge in [-0.1, -0.05) is 17.8 Å². The Morgan fingerprint density at radius 2 is 1.97 bits per heavy atom. The van der Waals surface area contributed by atoms with Crippen molar-refractivity contribution in [2.45, 2.75) is 31.0 Å². The van der Waals surface area contributed by atoms with Gasteiger partial charge in [0.2, 0.25) is 0 Å². The number of hydrogen-bond donors (Lipinski definition) is 1. The van der Waals surface area contributed by atoms with Crippen molar-refractivity contribution in [3.63, 3.8) is 0 Å². The maximum Gasteiger partial charge on any atom is 0.573 e. The van der Waals surface area contributed by atoms with Crippen molar-refractivity contribution in [2.75, 3.05) is 12.8 Å². The van der Waals surface area contributed by atoms with Gasteiger partial charge in [-0.05, 0) is 42.2 Å². The van der Waals surface area contributed by atoms with Gasteiger partial charge in [-0.15, -0.1) is 13.2 Å². The second-order valence-electron chi connectivity index (χ2n) is 7.08. The number of thioether (sulfide) groups is 1. The molecule has 10 heteroatoms. The maximum atomic E-state index is 12.3. The predicted molar refractivity (Wildman–Crippen MR) is 111 cm³/mol. The Morgan fingerprint density at radius 1 is 1.19 bits per heavy atom. The number of nitrogens with zero attached hydrogens (tertiary/aromatic N) is 3. The number of pyridine rings is 1. The molecule has 1 aliphatic heterocycles. The fourth-order valence-electron chi connectivity index (χ4n) is 3.46. The molecule has 1 aliphatic rings. The molecule has 0 unspecified atom stereocenters. The summed E-state index contributed by atoms with van der Waals surface area (Å²) < 4.78 is 40.7. The number of aromatic nitrogens is 3. The van der Waals surface area contributed by atoms with Crippen LogP contribution in [0.2, 0.25) is 0 Å². The van der Waals surface area contributed by atoms with Crippen LogP contribution in [0.15, 0.2) is 52.5 Å². The molecule has 162 valence electrons. The van der Waals surface area contributed by atoms with Crippen molar-refractivity contribution in [2.24, 2.45) is 0 Å². The number of benzene rings is 1. The average molecular weight is 448 g/mol. The second-order valence-corrected chi connectivity index (χ2v) is 7.88. The van der Waals surface area contributed by atoms with Gasteiger partial charge in [0.05, 0.1) is 17.0 Å². The molecule has 31 heavy (non-hydrogen) atoms. The van der Waals surface area contributed by atoms with Crippen molar-refractivity contribution in [1.82, 2.24) is 19.9 Å². The summed E-state index contributed by atoms with van der Waals surface area (Å²) in [5.74, 6) is -0.271. The van der Waals surface area contributed by atoms with E-state index in [4.69, 9.17) is 0 Å². The minimum absolute atomic E-state index is 0.0922. The molecular weight excluding hydrogens is 429 g/mol. The summed E-state index contributed by atoms with van der Waals surface area (Å²) >= 11 is 1.42. The second kappa shape index (κ2) is 8.72. The molecule has 1 aromatic carbocycles. The summed E-state index contributed by atoms with van der Waals surface area (Å²) in [7, 11) is 0. The zero-order chi connectivity index (χ0) is 22.0. The number of H-pyrrole nitrogens is 1. The van der Waals surface area contributed by atoms with Crippen molar-refractivity contribution in [1.29, 1.82) is 0 Å². The molecule has 0 radical (unpaired) electrons. The Hall–Kier alpha value is -2.85. The van der Waals surface area contributed by atoms with Crippen molar-refractivity contribution in [3.05, 3.63) is 69.8 Å². The summed E-state index contributed by atoms with van der Waals surface area (Å²) in [6.45, 7) is 1.95. The monoisotopic (exact) mass is 448 g/mol. The van der Waals surface area contributed by atoms with Crippen LogP contribution >= 0.6 is 11.8 Å². The van der Waals surface area contributed by atoms with Gasteiger partial charge in [-0.25, -0.2) is 4.98 Å². The highest BCUT2D eigenvalue weighted by Gasteiger charge is 2.31. The summed E-state index contributed by atoms with van der Waals surface area (Å²) in [4.78, 5) is 26.2. The highest BCUT2D eigenvalue weighted by molar-refractivity contribution is 7.98. The lowest BCUT2D eigenvalue weighted by molar-refractivity contribution is -0.274. The predicted octanol–water partition coefficient (Wildman–Crippen LogP) is 4.01. The van der Waals surface area contributed by atoms with Crippen molar-refractivity contribution < 1.29 is 17.9 Å². The molecule has 3 heterocycles. The van der Waals surface area contributed by atoms with Crippen LogP contribution < -0.4 is 10.3 Å². The topological polar surface area (TPSA) is 71.1 Å². The zero-order valence-corrected chi connectivity index (χ0v) is 17.4. The van der Waals surface area contributed by atoms with Crippen LogP contribution in [0.4, 0.5) is 13.2 Å². The highest BCUT2D eigenvalue weighted by Crippen LogP contribution is 2.26. The number of nitrogens with one attached hydrogen (secondary N) is 1. The zero-order valence-electron chi connectivity index (χ0n) is 16.6. The van der Waals surface area contributed by atoms with E-state index in [1.54, 1.807) is 6.20 Å². The number of aromatic amines is 1. The van der Waals surface area contributed by atoms with E-state index in [2.05, 4.69) is 24.6 Å². The van der Waals surface area contributed by atoms with Gasteiger partial charge in [0.25, 0.3) is 5.56 Å². The first kappa shape index (κ1) is 21.4. The third kappa shape index (κ3) is 5.26. The quantitative estimate of drug-likeness (QED) is 0.470. The Kier molecular flexibility index (Phi) is 6.01. The van der Waals surface area contributed by atoms with E-state index < -0.39 is 6.36 Å². The summed E-state index contributed by atoms with van der Waals surface area (Å²) in [5.41, 5.74) is 3.79. The lowest BCUT2D eigenvalue weighted by Crippen LogP contribution is -2.35. The molecule has 2 aromatic heterocycles. The number of ether oxygens (including phenoxy) is 1. The lowest BCUT2D eigenvalue weighted by Gasteiger charge is -2.27. The Labute approximate surface area is 180 Å². The Morgan fingerprint density at radius 3 is 2.61 bits per heavy atom. The fraction of sp³-hybridized carbons (Fsp3) is 0.286. The van der Waals surface area contributed by atoms with Gasteiger partial charge in [-0.2, -0.15) is 0 Å². The van der Waals surface area contributed by atoms with Crippen molar-refractivity contribution in [3.8, 4) is 17.0 Å². The molecule has 6 nitrogen and oxygen atoms in total. The average Bonchev–Trinajstić information content (AvgIpc) is 2.74. The van der Waals surface area contributed by atoms with Crippen LogP contribution in [-0.4, -0.2) is 39.0 Å². The normalized spacial score (nSPS) is 14.3. The van der Waals surface area contributed by atoms with Crippen LogP contribution in [0.25, 0.3) is 11.3 Å². The molecule has 0 bridgehead atoms. The van der Waals surface area contributed by atoms with E-state index in [-0.39, 0.29) is 11.3 Å². The van der Waals surface area contributed by atoms with Crippen LogP contribution in [0.1, 0.15) is 16.8 Å². The molecule has 0 saturated carbocycles. The van der Waals surface area contributed by atoms with E-state index in [9.17, 15) is 18.0 Å². The van der Waals surface area contributed by atoms with Gasteiger partial charge >= 0.3 is 6.36 Å². The molecule has 3 aromatic rings. The number of halogens is 3. The molecule has 0 fully saturated rings. The highest BCUT2D eigenvalue weighted by atomic mass is 32.2. The van der Waals surface area contributed by atoms with E-state index in [1.165, 1.54) is 36.0 Å². The first-order valence-corrected chi connectivity index (χ1v) is 10.7. The van der Waals surface area contributed by atoms with Crippen LogP contribution in [-0.2, 0) is 19.5 Å². The van der Waals surface area contributed by atoms with Crippen LogP contribution in [0, 0.1) is 0 Å². The summed E-state index contributed by atoms with van der Waals surface area (Å²) in [5, 5.41) is 0.634. The number of rotatable bonds is 5. The fourth-order valence-corrected chi connectivity index (χ4v) is 3.86. The van der Waals surface area contributed by atoms with Crippen LogP contribution in [0.5, 0.6) is 5.75 Å². The smallest absolute Gasteiger partial charge is 0.406 e. The number of hydrogen-bond acceptors (Lipinski definition) is 6. The van der Waals surface area contributed by atoms with Gasteiger partial charge in [0.1, 0.15) is 5.75 Å². The molecule has 1 N–H and O–H groups in total. The molecular formula is C21H19F3N4O2S. The molecule has 0 atom stereocenters. The lowest BCUT2D eigenvalue weighted by atomic mass is 10.1. The first-order chi connectivity index (χ1) is 14.8. The summed E-state index contributed by atoms with van der Waals surface area (Å²) in [6, 6.07) is 9.35. The molecule has 0 spiro atoms. The number of alkyl halides is 3. The maximum absolute atomic E-state index is 12.3. The van der Waals surface area contributed by atoms with E-state index in [0.29, 0.717) is 41.5 Å².